The molecule has 0 saturated carbocycles. The van der Waals surface area contributed by atoms with E-state index in [1.807, 2.05) is 0 Å². The average Bonchev–Trinajstić information content (AvgIpc) is 2.16. The van der Waals surface area contributed by atoms with Gasteiger partial charge in [-0.1, -0.05) is 0 Å². The van der Waals surface area contributed by atoms with Gasteiger partial charge in [0.25, 0.3) is 0 Å². The molecule has 13 heavy (non-hydrogen) atoms. The van der Waals surface area contributed by atoms with E-state index in [0.29, 0.717) is 5.69 Å². The number of rotatable bonds is 2. The third-order valence-corrected chi connectivity index (χ3v) is 1.43. The van der Waals surface area contributed by atoms with E-state index in [2.05, 4.69) is 14.7 Å². The first-order valence-corrected chi connectivity index (χ1v) is 3.65. The van der Waals surface area contributed by atoms with Crippen LogP contribution in [0.4, 0.5) is 0 Å². The predicted octanol–water partition coefficient (Wildman–Crippen LogP) is 0.580. The van der Waals surface area contributed by atoms with Gasteiger partial charge in [-0.2, -0.15) is 0 Å². The zero-order valence-electron chi connectivity index (χ0n) is 7.70. The molecule has 0 aliphatic heterocycles. The number of aromatic nitrogens is 2. The molecule has 0 radical (unpaired) electrons. The van der Waals surface area contributed by atoms with Crippen LogP contribution in [0.3, 0.4) is 0 Å². The van der Waals surface area contributed by atoms with Gasteiger partial charge in [0, 0.05) is 6.20 Å². The molecule has 0 bridgehead atoms. The highest BCUT2D eigenvalue weighted by molar-refractivity contribution is 5.89. The molecule has 0 aromatic carbocycles. The Morgan fingerprint density at radius 2 is 2.15 bits per heavy atom. The molecule has 5 nitrogen and oxygen atoms in total. The van der Waals surface area contributed by atoms with Gasteiger partial charge in [-0.3, -0.25) is 0 Å². The van der Waals surface area contributed by atoms with Crippen LogP contribution in [-0.2, 0) is 4.74 Å². The van der Waals surface area contributed by atoms with E-state index < -0.39 is 5.97 Å². The van der Waals surface area contributed by atoms with Gasteiger partial charge in [-0.15, -0.1) is 0 Å². The summed E-state index contributed by atoms with van der Waals surface area (Å²) in [7, 11) is 2.71. The van der Waals surface area contributed by atoms with Crippen molar-refractivity contribution in [1.82, 2.24) is 9.97 Å². The summed E-state index contributed by atoms with van der Waals surface area (Å²) in [5.41, 5.74) is 0.778. The van der Waals surface area contributed by atoms with Gasteiger partial charge < -0.3 is 9.47 Å². The molecule has 0 unspecified atom stereocenters. The minimum Gasteiger partial charge on any atom is -0.479 e. The minimum absolute atomic E-state index is 0.0931. The lowest BCUT2D eigenvalue weighted by Crippen LogP contribution is -2.08. The molecule has 0 amide bonds. The van der Waals surface area contributed by atoms with Crippen LogP contribution in [0, 0.1) is 6.92 Å². The fourth-order valence-electron chi connectivity index (χ4n) is 0.834. The topological polar surface area (TPSA) is 61.3 Å². The predicted molar refractivity (Wildman–Crippen MR) is 44.7 cm³/mol. The lowest BCUT2D eigenvalue weighted by Gasteiger charge is -2.04. The number of carbonyl (C=O) groups is 1. The fourth-order valence-corrected chi connectivity index (χ4v) is 0.834. The molecule has 0 saturated heterocycles. The molecule has 70 valence electrons. The Labute approximate surface area is 75.7 Å². The van der Waals surface area contributed by atoms with Gasteiger partial charge in [-0.05, 0) is 6.92 Å². The number of esters is 1. The van der Waals surface area contributed by atoms with Gasteiger partial charge in [-0.25, -0.2) is 14.8 Å². The molecule has 0 spiro atoms. The molecule has 5 heteroatoms. The van der Waals surface area contributed by atoms with Crippen molar-refractivity contribution in [3.05, 3.63) is 17.6 Å². The number of carbonyl (C=O) groups excluding carboxylic acids is 1. The van der Waals surface area contributed by atoms with Crippen molar-refractivity contribution in [3.63, 3.8) is 0 Å². The van der Waals surface area contributed by atoms with Crippen LogP contribution in [0.15, 0.2) is 6.20 Å². The van der Waals surface area contributed by atoms with Crippen molar-refractivity contribution >= 4 is 5.97 Å². The molecule has 0 atom stereocenters. The van der Waals surface area contributed by atoms with E-state index in [1.54, 1.807) is 6.92 Å². The molecule has 1 heterocycles. The average molecular weight is 182 g/mol. The highest BCUT2D eigenvalue weighted by Crippen LogP contribution is 2.12. The molecular formula is C8H10N2O3. The van der Waals surface area contributed by atoms with Crippen molar-refractivity contribution in [1.29, 1.82) is 0 Å². The zero-order chi connectivity index (χ0) is 9.84. The molecule has 1 aromatic rings. The van der Waals surface area contributed by atoms with Crippen LogP contribution in [0.1, 0.15) is 16.2 Å². The summed E-state index contributed by atoms with van der Waals surface area (Å²) in [6.45, 7) is 1.76. The largest absolute Gasteiger partial charge is 0.479 e. The Bertz CT molecular complexity index is 325. The summed E-state index contributed by atoms with van der Waals surface area (Å²) >= 11 is 0. The summed E-state index contributed by atoms with van der Waals surface area (Å²) in [6.07, 6.45) is 1.48. The van der Waals surface area contributed by atoms with Crippen molar-refractivity contribution in [2.75, 3.05) is 14.2 Å². The van der Waals surface area contributed by atoms with Crippen molar-refractivity contribution < 1.29 is 14.3 Å². The summed E-state index contributed by atoms with van der Waals surface area (Å²) in [5, 5.41) is 0. The Morgan fingerprint density at radius 1 is 1.46 bits per heavy atom. The minimum atomic E-state index is -0.552. The molecule has 1 rings (SSSR count). The molecular weight excluding hydrogens is 172 g/mol. The second-order valence-corrected chi connectivity index (χ2v) is 2.36. The molecule has 0 aliphatic rings. The number of methoxy groups -OCH3 is 2. The molecule has 0 aliphatic carbocycles. The van der Waals surface area contributed by atoms with Gasteiger partial charge in [0.2, 0.25) is 11.6 Å². The quantitative estimate of drug-likeness (QED) is 0.626. The standard InChI is InChI=1S/C8H10N2O3/c1-5-4-9-6(8(11)13-3)7(10-5)12-2/h4H,1-3H3. The monoisotopic (exact) mass is 182 g/mol. The molecule has 0 N–H and O–H groups in total. The maximum atomic E-state index is 11.1. The summed E-state index contributed by atoms with van der Waals surface area (Å²) in [4.78, 5) is 18.9. The van der Waals surface area contributed by atoms with E-state index in [0.717, 1.165) is 0 Å². The van der Waals surface area contributed by atoms with Gasteiger partial charge >= 0.3 is 5.97 Å². The maximum absolute atomic E-state index is 11.1. The normalized spacial score (nSPS) is 9.46. The van der Waals surface area contributed by atoms with Gasteiger partial charge in [0.15, 0.2) is 0 Å². The third-order valence-electron chi connectivity index (χ3n) is 1.43. The van der Waals surface area contributed by atoms with Gasteiger partial charge in [0.1, 0.15) is 0 Å². The van der Waals surface area contributed by atoms with E-state index >= 15 is 0 Å². The Hall–Kier alpha value is -1.65. The van der Waals surface area contributed by atoms with Crippen LogP contribution in [0.2, 0.25) is 0 Å². The van der Waals surface area contributed by atoms with E-state index in [4.69, 9.17) is 4.74 Å². The van der Waals surface area contributed by atoms with Crippen LogP contribution < -0.4 is 4.74 Å². The maximum Gasteiger partial charge on any atom is 0.362 e. The van der Waals surface area contributed by atoms with Crippen molar-refractivity contribution in [2.45, 2.75) is 6.92 Å². The first kappa shape index (κ1) is 9.44. The zero-order valence-corrected chi connectivity index (χ0v) is 7.70. The number of hydrogen-bond donors (Lipinski definition) is 0. The van der Waals surface area contributed by atoms with Gasteiger partial charge in [0.05, 0.1) is 19.9 Å². The lowest BCUT2D eigenvalue weighted by molar-refractivity contribution is 0.0589. The fraction of sp³-hybridized carbons (Fsp3) is 0.375. The van der Waals surface area contributed by atoms with Crippen molar-refractivity contribution in [2.24, 2.45) is 0 Å². The molecule has 1 aromatic heterocycles. The van der Waals surface area contributed by atoms with Crippen LogP contribution in [-0.4, -0.2) is 30.2 Å². The number of aryl methyl sites for hydroxylation is 1. The van der Waals surface area contributed by atoms with Crippen LogP contribution in [0.25, 0.3) is 0 Å². The highest BCUT2D eigenvalue weighted by atomic mass is 16.5. The Balaban J connectivity index is 3.13. The second kappa shape index (κ2) is 3.84. The smallest absolute Gasteiger partial charge is 0.362 e. The summed E-state index contributed by atoms with van der Waals surface area (Å²) in [6, 6.07) is 0. The molecule has 0 fully saturated rings. The van der Waals surface area contributed by atoms with E-state index in [9.17, 15) is 4.79 Å². The number of hydrogen-bond acceptors (Lipinski definition) is 5. The van der Waals surface area contributed by atoms with Crippen LogP contribution in [0.5, 0.6) is 5.88 Å². The third kappa shape index (κ3) is 1.93. The Kier molecular flexibility index (Phi) is 2.79. The first-order valence-electron chi connectivity index (χ1n) is 3.65. The number of ether oxygens (including phenoxy) is 2. The van der Waals surface area contributed by atoms with Crippen molar-refractivity contribution in [3.8, 4) is 5.88 Å². The first-order chi connectivity index (χ1) is 6.19. The summed E-state index contributed by atoms with van der Waals surface area (Å²) in [5.74, 6) is -0.365. The van der Waals surface area contributed by atoms with E-state index in [1.165, 1.54) is 20.4 Å². The number of nitrogens with zero attached hydrogens (tertiary/aromatic N) is 2. The SMILES string of the molecule is COC(=O)c1ncc(C)nc1OC. The lowest BCUT2D eigenvalue weighted by atomic mass is 10.4. The second-order valence-electron chi connectivity index (χ2n) is 2.36. The summed E-state index contributed by atoms with van der Waals surface area (Å²) < 4.78 is 9.37. The van der Waals surface area contributed by atoms with E-state index in [-0.39, 0.29) is 11.6 Å². The van der Waals surface area contributed by atoms with Crippen LogP contribution >= 0.6 is 0 Å². The Morgan fingerprint density at radius 3 is 2.69 bits per heavy atom. The highest BCUT2D eigenvalue weighted by Gasteiger charge is 2.15.